The van der Waals surface area contributed by atoms with Crippen molar-refractivity contribution in [1.82, 2.24) is 0 Å². The fourth-order valence-corrected chi connectivity index (χ4v) is 12.0. The summed E-state index contributed by atoms with van der Waals surface area (Å²) in [6, 6.07) is 75.5. The molecule has 0 N–H and O–H groups in total. The second-order valence-electron chi connectivity index (χ2n) is 17.9. The molecule has 11 aromatic rings. The Balaban J connectivity index is 1.13. The maximum atomic E-state index is 16.1. The van der Waals surface area contributed by atoms with Gasteiger partial charge in [-0.3, -0.25) is 0 Å². The third-order valence-electron chi connectivity index (χ3n) is 14.7. The van der Waals surface area contributed by atoms with Gasteiger partial charge >= 0.3 is 0 Å². The van der Waals surface area contributed by atoms with E-state index in [2.05, 4.69) is 109 Å². The van der Waals surface area contributed by atoms with Crippen molar-refractivity contribution in [3.8, 4) is 44.5 Å². The van der Waals surface area contributed by atoms with E-state index in [1.165, 1.54) is 24.3 Å². The van der Waals surface area contributed by atoms with Crippen molar-refractivity contribution in [3.05, 3.63) is 298 Å². The minimum absolute atomic E-state index is 0.374. The molecule has 322 valence electrons. The molecular weight excluding hydrogens is 845 g/mol. The van der Waals surface area contributed by atoms with E-state index in [1.54, 1.807) is 0 Å². The standard InChI is InChI=1S/C64H38F4/c65-57-35-49-51(37-59(57)67)62(40-30-32-48-46-26-14-16-28-54(46)64(56(48)34-40,43-21-9-3-10-22-43)44-23-11-4-12-24-44)52-38-60(68)58(66)36-50(52)61(49)39-29-31-47-45-25-13-15-27-53(45)63(55(47)33-39,41-17-5-1-6-18-41)42-19-7-2-8-20-42/h1-38H. The van der Waals surface area contributed by atoms with Crippen LogP contribution < -0.4 is 0 Å². The van der Waals surface area contributed by atoms with Crippen LogP contribution in [0.3, 0.4) is 0 Å². The van der Waals surface area contributed by atoms with E-state index in [1.807, 2.05) is 97.1 Å². The van der Waals surface area contributed by atoms with Crippen LogP contribution in [0.2, 0.25) is 0 Å². The number of benzene rings is 11. The fourth-order valence-electron chi connectivity index (χ4n) is 12.0. The second-order valence-corrected chi connectivity index (χ2v) is 17.9. The zero-order chi connectivity index (χ0) is 45.7. The van der Waals surface area contributed by atoms with Crippen molar-refractivity contribution in [1.29, 1.82) is 0 Å². The zero-order valence-corrected chi connectivity index (χ0v) is 36.5. The van der Waals surface area contributed by atoms with Crippen LogP contribution in [0.25, 0.3) is 66.1 Å². The Labute approximate surface area is 391 Å². The topological polar surface area (TPSA) is 0 Å². The highest BCUT2D eigenvalue weighted by atomic mass is 19.2. The van der Waals surface area contributed by atoms with Crippen LogP contribution >= 0.6 is 0 Å². The van der Waals surface area contributed by atoms with Gasteiger partial charge < -0.3 is 0 Å². The molecule has 2 aliphatic carbocycles. The summed E-state index contributed by atoms with van der Waals surface area (Å²) < 4.78 is 64.3. The van der Waals surface area contributed by atoms with E-state index < -0.39 is 34.1 Å². The first-order valence-corrected chi connectivity index (χ1v) is 22.8. The summed E-state index contributed by atoms with van der Waals surface area (Å²) in [4.78, 5) is 0. The van der Waals surface area contributed by atoms with Crippen molar-refractivity contribution in [3.63, 3.8) is 0 Å². The Morgan fingerprint density at radius 1 is 0.235 bits per heavy atom. The van der Waals surface area contributed by atoms with Gasteiger partial charge in [-0.25, -0.2) is 17.6 Å². The number of fused-ring (bicyclic) bond motifs is 8. The van der Waals surface area contributed by atoms with E-state index in [9.17, 15) is 0 Å². The lowest BCUT2D eigenvalue weighted by molar-refractivity contribution is 0.510. The van der Waals surface area contributed by atoms with Crippen LogP contribution in [0.15, 0.2) is 231 Å². The monoisotopic (exact) mass is 882 g/mol. The first-order valence-electron chi connectivity index (χ1n) is 22.8. The van der Waals surface area contributed by atoms with Crippen LogP contribution in [-0.2, 0) is 10.8 Å². The number of hydrogen-bond acceptors (Lipinski definition) is 0. The van der Waals surface area contributed by atoms with Gasteiger partial charge in [0.05, 0.1) is 10.8 Å². The van der Waals surface area contributed by atoms with Gasteiger partial charge in [-0.2, -0.15) is 0 Å². The van der Waals surface area contributed by atoms with Gasteiger partial charge in [-0.05, 0) is 147 Å². The van der Waals surface area contributed by atoms with Crippen molar-refractivity contribution in [2.45, 2.75) is 10.8 Å². The van der Waals surface area contributed by atoms with Crippen molar-refractivity contribution < 1.29 is 17.6 Å². The molecule has 0 atom stereocenters. The zero-order valence-electron chi connectivity index (χ0n) is 36.5. The average Bonchev–Trinajstić information content (AvgIpc) is 3.85. The summed E-state index contributed by atoms with van der Waals surface area (Å²) in [5, 5.41) is 1.50. The lowest BCUT2D eigenvalue weighted by atomic mass is 9.67. The van der Waals surface area contributed by atoms with E-state index in [0.29, 0.717) is 43.8 Å². The van der Waals surface area contributed by atoms with Gasteiger partial charge in [0.1, 0.15) is 0 Å². The summed E-state index contributed by atoms with van der Waals surface area (Å²) in [7, 11) is 0. The molecule has 0 bridgehead atoms. The Morgan fingerprint density at radius 3 is 0.809 bits per heavy atom. The van der Waals surface area contributed by atoms with Gasteiger partial charge in [-0.15, -0.1) is 0 Å². The molecule has 0 spiro atoms. The highest BCUT2D eigenvalue weighted by molar-refractivity contribution is 6.22. The second kappa shape index (κ2) is 15.1. The van der Waals surface area contributed by atoms with Crippen LogP contribution in [0.4, 0.5) is 17.6 Å². The third kappa shape index (κ3) is 5.49. The van der Waals surface area contributed by atoms with Crippen LogP contribution in [0.1, 0.15) is 44.5 Å². The fraction of sp³-hybridized carbons (Fsp3) is 0.0312. The van der Waals surface area contributed by atoms with Crippen LogP contribution in [0, 0.1) is 23.3 Å². The number of rotatable bonds is 6. The summed E-state index contributed by atoms with van der Waals surface area (Å²) in [5.41, 5.74) is 13.3. The van der Waals surface area contributed by atoms with Crippen LogP contribution in [0.5, 0.6) is 0 Å². The first kappa shape index (κ1) is 40.0. The highest BCUT2D eigenvalue weighted by Gasteiger charge is 2.48. The predicted octanol–water partition coefficient (Wildman–Crippen LogP) is 16.6. The molecule has 0 aromatic heterocycles. The minimum atomic E-state index is -1.04. The van der Waals surface area contributed by atoms with Crippen molar-refractivity contribution in [2.75, 3.05) is 0 Å². The SMILES string of the molecule is Fc1cc2c(-c3ccc4c(c3)C(c3ccccc3)(c3ccccc3)c3ccccc3-4)c3cc(F)c(F)cc3c(-c3ccc4c(c3)C(c3ccccc3)(c3ccccc3)c3ccccc3-4)c2cc1F. The quantitative estimate of drug-likeness (QED) is 0.115. The molecular formula is C64H38F4. The number of hydrogen-bond donors (Lipinski definition) is 0. The molecule has 0 saturated heterocycles. The molecule has 0 saturated carbocycles. The molecule has 0 aliphatic heterocycles. The summed E-state index contributed by atoms with van der Waals surface area (Å²) in [6.45, 7) is 0. The molecule has 0 amide bonds. The largest absolute Gasteiger partial charge is 0.204 e. The van der Waals surface area contributed by atoms with Gasteiger partial charge in [-0.1, -0.05) is 194 Å². The Bertz CT molecular complexity index is 3420. The first-order chi connectivity index (χ1) is 33.4. The molecule has 4 heteroatoms. The lowest BCUT2D eigenvalue weighted by Gasteiger charge is -2.34. The van der Waals surface area contributed by atoms with Gasteiger partial charge in [0.25, 0.3) is 0 Å². The van der Waals surface area contributed by atoms with E-state index in [0.717, 1.165) is 66.8 Å². The van der Waals surface area contributed by atoms with E-state index in [-0.39, 0.29) is 0 Å². The third-order valence-corrected chi connectivity index (χ3v) is 14.7. The Hall–Kier alpha value is -8.34. The lowest BCUT2D eigenvalue weighted by Crippen LogP contribution is -2.28. The minimum Gasteiger partial charge on any atom is -0.204 e. The van der Waals surface area contributed by atoms with Gasteiger partial charge in [0, 0.05) is 0 Å². The van der Waals surface area contributed by atoms with Crippen molar-refractivity contribution in [2.24, 2.45) is 0 Å². The molecule has 0 nitrogen and oxygen atoms in total. The maximum Gasteiger partial charge on any atom is 0.159 e. The maximum absolute atomic E-state index is 16.1. The molecule has 0 fully saturated rings. The summed E-state index contributed by atoms with van der Waals surface area (Å²) in [5.74, 6) is -4.17. The average molecular weight is 883 g/mol. The van der Waals surface area contributed by atoms with E-state index >= 15 is 17.6 Å². The summed E-state index contributed by atoms with van der Waals surface area (Å²) >= 11 is 0. The molecule has 11 aromatic carbocycles. The molecule has 13 rings (SSSR count). The van der Waals surface area contributed by atoms with E-state index in [4.69, 9.17) is 0 Å². The van der Waals surface area contributed by atoms with Gasteiger partial charge in [0.15, 0.2) is 23.3 Å². The summed E-state index contributed by atoms with van der Waals surface area (Å²) in [6.07, 6.45) is 0. The molecule has 68 heavy (non-hydrogen) atoms. The molecule has 0 unspecified atom stereocenters. The van der Waals surface area contributed by atoms with Crippen molar-refractivity contribution >= 4 is 21.5 Å². The normalized spacial score (nSPS) is 13.8. The Kier molecular flexibility index (Phi) is 8.88. The predicted molar refractivity (Wildman–Crippen MR) is 267 cm³/mol. The molecule has 0 heterocycles. The smallest absolute Gasteiger partial charge is 0.159 e. The highest BCUT2D eigenvalue weighted by Crippen LogP contribution is 2.59. The molecule has 2 aliphatic rings. The molecule has 0 radical (unpaired) electrons. The number of halogens is 4. The van der Waals surface area contributed by atoms with Gasteiger partial charge in [0.2, 0.25) is 0 Å². The Morgan fingerprint density at radius 2 is 0.500 bits per heavy atom. The van der Waals surface area contributed by atoms with Crippen LogP contribution in [-0.4, -0.2) is 0 Å².